The summed E-state index contributed by atoms with van der Waals surface area (Å²) in [4.78, 5) is 3.78. The number of nitrogens with zero attached hydrogens (tertiary/aromatic N) is 1. The fraction of sp³-hybridized carbons (Fsp3) is 0. The van der Waals surface area contributed by atoms with Gasteiger partial charge in [-0.3, -0.25) is 13.4 Å². The van der Waals surface area contributed by atoms with Crippen molar-refractivity contribution in [3.05, 3.63) is 30.6 Å². The van der Waals surface area contributed by atoms with Gasteiger partial charge in [0.1, 0.15) is 0 Å². The van der Waals surface area contributed by atoms with Crippen molar-refractivity contribution in [3.8, 4) is 0 Å². The first-order chi connectivity index (χ1) is 5.00. The molecule has 0 amide bonds. The summed E-state index contributed by atoms with van der Waals surface area (Å²) in [6.07, 6.45) is 3.50. The fourth-order valence-electron chi connectivity index (χ4n) is 0.313. The molecule has 1 rings (SSSR count). The molecule has 72 valence electrons. The number of aromatic nitrogens is 1. The zero-order chi connectivity index (χ0) is 8.74. The molecule has 0 aliphatic heterocycles. The van der Waals surface area contributed by atoms with Gasteiger partial charge in [0.15, 0.2) is 0 Å². The van der Waals surface area contributed by atoms with Crippen molar-refractivity contribution in [2.75, 3.05) is 0 Å². The Kier molecular flexibility index (Phi) is 15.7. The first-order valence-corrected chi connectivity index (χ1v) is 3.85. The van der Waals surface area contributed by atoms with E-state index in [9.17, 15) is 0 Å². The average Bonchev–Trinajstić information content (AvgIpc) is 1.88. The minimum Gasteiger partial charge on any atom is -0.759 e. The Balaban J connectivity index is -0.000000136. The van der Waals surface area contributed by atoms with Crippen molar-refractivity contribution in [2.24, 2.45) is 0 Å². The van der Waals surface area contributed by atoms with Crippen LogP contribution in [0.2, 0.25) is 0 Å². The largest absolute Gasteiger partial charge is 1.00 e. The van der Waals surface area contributed by atoms with Crippen LogP contribution in [0.1, 0.15) is 0 Å². The topological polar surface area (TPSA) is 93.2 Å². The molecule has 0 fully saturated rings. The Hall–Kier alpha value is 0.539. The van der Waals surface area contributed by atoms with Crippen molar-refractivity contribution in [3.63, 3.8) is 0 Å². The van der Waals surface area contributed by atoms with Crippen LogP contribution >= 0.6 is 0 Å². The predicted molar refractivity (Wildman–Crippen MR) is 34.7 cm³/mol. The minimum absolute atomic E-state index is 0. The van der Waals surface area contributed by atoms with E-state index in [0.29, 0.717) is 0 Å². The number of hydrogen-bond donors (Lipinski definition) is 0. The first-order valence-electron chi connectivity index (χ1n) is 2.52. The van der Waals surface area contributed by atoms with E-state index in [4.69, 9.17) is 17.5 Å². The molecule has 0 bridgehead atoms. The van der Waals surface area contributed by atoms with E-state index in [-0.39, 0.29) is 46.6 Å². The van der Waals surface area contributed by atoms with E-state index in [1.807, 2.05) is 18.2 Å². The summed E-state index contributed by atoms with van der Waals surface area (Å²) in [6, 6.07) is 5.72. The van der Waals surface area contributed by atoms with Gasteiger partial charge < -0.3 is 9.11 Å². The molecule has 0 saturated heterocycles. The van der Waals surface area contributed by atoms with E-state index in [0.717, 1.165) is 0 Å². The van der Waals surface area contributed by atoms with E-state index in [2.05, 4.69) is 4.98 Å². The van der Waals surface area contributed by atoms with E-state index < -0.39 is 10.4 Å². The Morgan fingerprint density at radius 3 is 1.38 bits per heavy atom. The van der Waals surface area contributed by atoms with Crippen molar-refractivity contribution < 1.29 is 64.1 Å². The van der Waals surface area contributed by atoms with Crippen LogP contribution in [-0.2, 0) is 27.5 Å². The molecule has 0 saturated carbocycles. The molecule has 5 nitrogen and oxygen atoms in total. The summed E-state index contributed by atoms with van der Waals surface area (Å²) in [7, 11) is -5.17. The van der Waals surface area contributed by atoms with Crippen LogP contribution in [0.3, 0.4) is 0 Å². The molecular weight excluding hydrogens is 257 g/mol. The second-order valence-electron chi connectivity index (χ2n) is 1.43. The summed E-state index contributed by atoms with van der Waals surface area (Å²) < 4.78 is 34.1. The molecule has 0 aromatic carbocycles. The maximum absolute atomic E-state index is 8.52. The van der Waals surface area contributed by atoms with E-state index in [1.54, 1.807) is 12.4 Å². The molecule has 0 unspecified atom stereocenters. The van der Waals surface area contributed by atoms with Gasteiger partial charge >= 0.3 is 46.6 Å². The zero-order valence-electron chi connectivity index (χ0n) is 6.68. The van der Waals surface area contributed by atoms with Gasteiger partial charge in [-0.05, 0) is 12.1 Å². The van der Waals surface area contributed by atoms with Crippen LogP contribution in [0, 0.1) is 0 Å². The summed E-state index contributed by atoms with van der Waals surface area (Å²) in [5.74, 6) is 0. The molecule has 0 N–H and O–H groups in total. The minimum atomic E-state index is -5.17. The maximum Gasteiger partial charge on any atom is 1.00 e. The van der Waals surface area contributed by atoms with Crippen LogP contribution in [0.4, 0.5) is 0 Å². The smallest absolute Gasteiger partial charge is 0.759 e. The van der Waals surface area contributed by atoms with E-state index >= 15 is 0 Å². The van der Waals surface area contributed by atoms with Crippen LogP contribution < -0.4 is 29.6 Å². The van der Waals surface area contributed by atoms with Crippen molar-refractivity contribution in [2.45, 2.75) is 0 Å². The van der Waals surface area contributed by atoms with Gasteiger partial charge in [-0.25, -0.2) is 0 Å². The molecule has 0 aliphatic rings. The van der Waals surface area contributed by atoms with Gasteiger partial charge in [-0.15, -0.1) is 0 Å². The monoisotopic (exact) mass is 261 g/mol. The molecule has 1 heterocycles. The zero-order valence-corrected chi connectivity index (χ0v) is 10.4. The summed E-state index contributed by atoms with van der Waals surface area (Å²) in [6.45, 7) is 0. The Labute approximate surface area is 109 Å². The third kappa shape index (κ3) is 32.6. The van der Waals surface area contributed by atoms with Gasteiger partial charge in [0.25, 0.3) is 0 Å². The van der Waals surface area contributed by atoms with Crippen molar-refractivity contribution in [1.82, 2.24) is 4.98 Å². The van der Waals surface area contributed by atoms with Crippen molar-refractivity contribution >= 4 is 10.4 Å². The Morgan fingerprint density at radius 2 is 1.31 bits per heavy atom. The second kappa shape index (κ2) is 10.6. The van der Waals surface area contributed by atoms with E-state index in [1.165, 1.54) is 0 Å². The SMILES string of the molecule is O=S(=O)([O-])[O-].[Cu+].[Na+].c1ccncc1. The summed E-state index contributed by atoms with van der Waals surface area (Å²) in [5.41, 5.74) is 0. The van der Waals surface area contributed by atoms with Crippen LogP contribution in [0.15, 0.2) is 30.6 Å². The second-order valence-corrected chi connectivity index (χ2v) is 2.25. The van der Waals surface area contributed by atoms with Gasteiger partial charge in [0.05, 0.1) is 0 Å². The molecule has 13 heavy (non-hydrogen) atoms. The standard InChI is InChI=1S/C5H5N.Cu.Na.H2O4S/c1-2-4-6-5-3-1;;;1-5(2,3)4/h1-5H;;;(H2,1,2,3,4)/q;2*+1;/p-2. The number of rotatable bonds is 0. The predicted octanol–water partition coefficient (Wildman–Crippen LogP) is -3.25. The molecule has 0 spiro atoms. The molecule has 0 radical (unpaired) electrons. The summed E-state index contributed by atoms with van der Waals surface area (Å²) in [5, 5.41) is 0. The average molecular weight is 262 g/mol. The molecule has 0 aliphatic carbocycles. The third-order valence-corrected chi connectivity index (χ3v) is 0.566. The molecule has 8 heteroatoms. The third-order valence-electron chi connectivity index (χ3n) is 0.566. The molecular formula is C5H5CuNNaO4S. The Morgan fingerprint density at radius 1 is 1.00 bits per heavy atom. The van der Waals surface area contributed by atoms with Crippen molar-refractivity contribution in [1.29, 1.82) is 0 Å². The van der Waals surface area contributed by atoms with Crippen LogP contribution in [0.25, 0.3) is 0 Å². The van der Waals surface area contributed by atoms with Gasteiger partial charge in [-0.1, -0.05) is 6.07 Å². The summed E-state index contributed by atoms with van der Waals surface area (Å²) >= 11 is 0. The molecule has 0 atom stereocenters. The number of hydrogen-bond acceptors (Lipinski definition) is 5. The normalized spacial score (nSPS) is 8.15. The quantitative estimate of drug-likeness (QED) is 0.278. The Bertz CT molecular complexity index is 245. The number of pyridine rings is 1. The van der Waals surface area contributed by atoms with Gasteiger partial charge in [0.2, 0.25) is 0 Å². The van der Waals surface area contributed by atoms with Gasteiger partial charge in [0, 0.05) is 22.8 Å². The molecule has 1 aromatic heterocycles. The first kappa shape index (κ1) is 19.2. The molecule has 1 aromatic rings. The van der Waals surface area contributed by atoms with Crippen LogP contribution in [-0.4, -0.2) is 22.5 Å². The van der Waals surface area contributed by atoms with Gasteiger partial charge in [-0.2, -0.15) is 0 Å². The maximum atomic E-state index is 8.52. The fourth-order valence-corrected chi connectivity index (χ4v) is 0.313. The van der Waals surface area contributed by atoms with Crippen LogP contribution in [0.5, 0.6) is 0 Å².